The van der Waals surface area contributed by atoms with Crippen molar-refractivity contribution in [1.82, 2.24) is 9.80 Å². The molecule has 0 saturated heterocycles. The van der Waals surface area contributed by atoms with E-state index in [-0.39, 0.29) is 6.10 Å². The summed E-state index contributed by atoms with van der Waals surface area (Å²) in [6, 6.07) is 0.483. The molecule has 0 aliphatic heterocycles. The molecule has 0 fully saturated rings. The van der Waals surface area contributed by atoms with Crippen LogP contribution in [0.25, 0.3) is 0 Å². The fourth-order valence-corrected chi connectivity index (χ4v) is 1.92. The molecule has 0 aromatic carbocycles. The van der Waals surface area contributed by atoms with E-state index in [1.807, 2.05) is 6.92 Å². The molecule has 2 atom stereocenters. The van der Waals surface area contributed by atoms with Crippen molar-refractivity contribution in [2.45, 2.75) is 45.8 Å². The SMILES string of the molecule is CCN(CCCN(C)C)C(C)CC(C)O. The maximum absolute atomic E-state index is 9.35. The molecule has 92 valence electrons. The molecule has 0 aromatic heterocycles. The summed E-state index contributed by atoms with van der Waals surface area (Å²) in [7, 11) is 4.21. The number of aliphatic hydroxyl groups excluding tert-OH is 1. The van der Waals surface area contributed by atoms with Crippen LogP contribution in [-0.4, -0.2) is 60.8 Å². The highest BCUT2D eigenvalue weighted by Gasteiger charge is 2.13. The van der Waals surface area contributed by atoms with E-state index < -0.39 is 0 Å². The van der Waals surface area contributed by atoms with Crippen LogP contribution < -0.4 is 0 Å². The van der Waals surface area contributed by atoms with Crippen molar-refractivity contribution in [2.75, 3.05) is 33.7 Å². The van der Waals surface area contributed by atoms with Crippen molar-refractivity contribution in [3.63, 3.8) is 0 Å². The van der Waals surface area contributed by atoms with Gasteiger partial charge in [0.25, 0.3) is 0 Å². The quantitative estimate of drug-likeness (QED) is 0.665. The van der Waals surface area contributed by atoms with Gasteiger partial charge in [-0.25, -0.2) is 0 Å². The Morgan fingerprint density at radius 3 is 2.13 bits per heavy atom. The van der Waals surface area contributed by atoms with Gasteiger partial charge in [-0.1, -0.05) is 6.92 Å². The molecular weight excluding hydrogens is 188 g/mol. The smallest absolute Gasteiger partial charge is 0.0526 e. The summed E-state index contributed by atoms with van der Waals surface area (Å²) in [5.41, 5.74) is 0. The zero-order chi connectivity index (χ0) is 11.8. The highest BCUT2D eigenvalue weighted by atomic mass is 16.3. The van der Waals surface area contributed by atoms with Crippen LogP contribution in [0.3, 0.4) is 0 Å². The molecule has 0 amide bonds. The van der Waals surface area contributed by atoms with Gasteiger partial charge in [0.15, 0.2) is 0 Å². The predicted octanol–water partition coefficient (Wildman–Crippen LogP) is 1.42. The zero-order valence-electron chi connectivity index (χ0n) is 11.0. The minimum Gasteiger partial charge on any atom is -0.393 e. The minimum atomic E-state index is -0.192. The number of hydrogen-bond acceptors (Lipinski definition) is 3. The predicted molar refractivity (Wildman–Crippen MR) is 66.2 cm³/mol. The summed E-state index contributed by atoms with van der Waals surface area (Å²) in [6.07, 6.45) is 1.88. The second-order valence-corrected chi connectivity index (χ2v) is 4.72. The second kappa shape index (κ2) is 8.08. The molecule has 2 unspecified atom stereocenters. The largest absolute Gasteiger partial charge is 0.393 e. The summed E-state index contributed by atoms with van der Waals surface area (Å²) in [5.74, 6) is 0. The Labute approximate surface area is 95.1 Å². The molecule has 0 aromatic rings. The maximum Gasteiger partial charge on any atom is 0.0526 e. The summed E-state index contributed by atoms with van der Waals surface area (Å²) in [4.78, 5) is 4.66. The first-order chi connectivity index (χ1) is 6.97. The lowest BCUT2D eigenvalue weighted by molar-refractivity contribution is 0.120. The van der Waals surface area contributed by atoms with Crippen LogP contribution in [0.1, 0.15) is 33.6 Å². The normalized spacial score (nSPS) is 16.0. The monoisotopic (exact) mass is 216 g/mol. The maximum atomic E-state index is 9.35. The van der Waals surface area contributed by atoms with Crippen LogP contribution in [0.15, 0.2) is 0 Å². The van der Waals surface area contributed by atoms with Crippen molar-refractivity contribution in [2.24, 2.45) is 0 Å². The van der Waals surface area contributed by atoms with E-state index in [1.165, 1.54) is 6.42 Å². The van der Waals surface area contributed by atoms with Gasteiger partial charge in [0.05, 0.1) is 6.10 Å². The molecule has 3 nitrogen and oxygen atoms in total. The Kier molecular flexibility index (Phi) is 8.02. The van der Waals surface area contributed by atoms with Gasteiger partial charge in [-0.3, -0.25) is 0 Å². The van der Waals surface area contributed by atoms with Crippen LogP contribution in [0, 0.1) is 0 Å². The fraction of sp³-hybridized carbons (Fsp3) is 1.00. The van der Waals surface area contributed by atoms with Crippen LogP contribution in [-0.2, 0) is 0 Å². The molecule has 3 heteroatoms. The van der Waals surface area contributed by atoms with Crippen molar-refractivity contribution < 1.29 is 5.11 Å². The molecule has 0 rings (SSSR count). The number of aliphatic hydroxyl groups is 1. The molecule has 0 aliphatic rings. The lowest BCUT2D eigenvalue weighted by Crippen LogP contribution is -2.36. The fourth-order valence-electron chi connectivity index (χ4n) is 1.92. The summed E-state index contributed by atoms with van der Waals surface area (Å²) in [5, 5.41) is 9.35. The number of rotatable bonds is 8. The van der Waals surface area contributed by atoms with Gasteiger partial charge in [0.2, 0.25) is 0 Å². The average molecular weight is 216 g/mol. The van der Waals surface area contributed by atoms with E-state index in [4.69, 9.17) is 0 Å². The standard InChI is InChI=1S/C12H28N2O/c1-6-14(9-7-8-13(4)5)11(2)10-12(3)15/h11-12,15H,6-10H2,1-5H3. The van der Waals surface area contributed by atoms with E-state index in [1.54, 1.807) is 0 Å². The summed E-state index contributed by atoms with van der Waals surface area (Å²) < 4.78 is 0. The van der Waals surface area contributed by atoms with E-state index in [9.17, 15) is 5.11 Å². The van der Waals surface area contributed by atoms with E-state index in [0.717, 1.165) is 26.1 Å². The van der Waals surface area contributed by atoms with Gasteiger partial charge in [-0.05, 0) is 60.4 Å². The second-order valence-electron chi connectivity index (χ2n) is 4.72. The van der Waals surface area contributed by atoms with Gasteiger partial charge >= 0.3 is 0 Å². The van der Waals surface area contributed by atoms with Crippen LogP contribution >= 0.6 is 0 Å². The van der Waals surface area contributed by atoms with Crippen molar-refractivity contribution in [3.05, 3.63) is 0 Å². The molecule has 15 heavy (non-hydrogen) atoms. The van der Waals surface area contributed by atoms with E-state index >= 15 is 0 Å². The lowest BCUT2D eigenvalue weighted by Gasteiger charge is -2.29. The third kappa shape index (κ3) is 7.77. The Bertz CT molecular complexity index is 149. The molecule has 0 spiro atoms. The van der Waals surface area contributed by atoms with Gasteiger partial charge < -0.3 is 14.9 Å². The molecule has 0 heterocycles. The first-order valence-electron chi connectivity index (χ1n) is 6.04. The molecule has 1 N–H and O–H groups in total. The zero-order valence-corrected chi connectivity index (χ0v) is 11.0. The molecular formula is C12H28N2O. The van der Waals surface area contributed by atoms with Crippen LogP contribution in [0.4, 0.5) is 0 Å². The molecule has 0 bridgehead atoms. The molecule has 0 saturated carbocycles. The first kappa shape index (κ1) is 14.9. The lowest BCUT2D eigenvalue weighted by atomic mass is 10.1. The molecule has 0 aliphatic carbocycles. The van der Waals surface area contributed by atoms with E-state index in [2.05, 4.69) is 37.7 Å². The van der Waals surface area contributed by atoms with Gasteiger partial charge in [-0.15, -0.1) is 0 Å². The topological polar surface area (TPSA) is 26.7 Å². The Hall–Kier alpha value is -0.120. The van der Waals surface area contributed by atoms with Gasteiger partial charge in [0, 0.05) is 6.04 Å². The van der Waals surface area contributed by atoms with Crippen molar-refractivity contribution in [1.29, 1.82) is 0 Å². The molecule has 0 radical (unpaired) electrons. The Morgan fingerprint density at radius 2 is 1.73 bits per heavy atom. The van der Waals surface area contributed by atoms with Crippen molar-refractivity contribution in [3.8, 4) is 0 Å². The number of nitrogens with zero attached hydrogens (tertiary/aromatic N) is 2. The van der Waals surface area contributed by atoms with Crippen LogP contribution in [0.5, 0.6) is 0 Å². The average Bonchev–Trinajstić information content (AvgIpc) is 2.10. The summed E-state index contributed by atoms with van der Waals surface area (Å²) in [6.45, 7) is 9.59. The van der Waals surface area contributed by atoms with E-state index in [0.29, 0.717) is 6.04 Å². The van der Waals surface area contributed by atoms with Crippen molar-refractivity contribution >= 4 is 0 Å². The third-order valence-electron chi connectivity index (χ3n) is 2.76. The first-order valence-corrected chi connectivity index (χ1v) is 6.04. The number of hydrogen-bond donors (Lipinski definition) is 1. The Morgan fingerprint density at radius 1 is 1.13 bits per heavy atom. The highest BCUT2D eigenvalue weighted by molar-refractivity contribution is 4.68. The minimum absolute atomic E-state index is 0.192. The third-order valence-corrected chi connectivity index (χ3v) is 2.76. The summed E-state index contributed by atoms with van der Waals surface area (Å²) >= 11 is 0. The van der Waals surface area contributed by atoms with Crippen LogP contribution in [0.2, 0.25) is 0 Å². The highest BCUT2D eigenvalue weighted by Crippen LogP contribution is 2.07. The van der Waals surface area contributed by atoms with Gasteiger partial charge in [0.1, 0.15) is 0 Å². The Balaban J connectivity index is 3.79. The van der Waals surface area contributed by atoms with Gasteiger partial charge in [-0.2, -0.15) is 0 Å².